The Labute approximate surface area is 123 Å². The summed E-state index contributed by atoms with van der Waals surface area (Å²) in [6.07, 6.45) is 0. The predicted molar refractivity (Wildman–Crippen MR) is 76.9 cm³/mol. The minimum Gasteiger partial charge on any atom is -0.258 e. The molecule has 0 fully saturated rings. The van der Waals surface area contributed by atoms with Gasteiger partial charge in [0.05, 0.1) is 9.82 Å². The van der Waals surface area contributed by atoms with Gasteiger partial charge in [0.25, 0.3) is 0 Å². The van der Waals surface area contributed by atoms with E-state index < -0.39 is 26.5 Å². The Morgan fingerprint density at radius 3 is 2.24 bits per heavy atom. The second-order valence-electron chi connectivity index (χ2n) is 5.43. The zero-order chi connectivity index (χ0) is 16.4. The maximum Gasteiger partial charge on any atom is 0.304 e. The lowest BCUT2D eigenvalue weighted by atomic mass is 10.2. The quantitative estimate of drug-likeness (QED) is 0.596. The number of rotatable bonds is 6. The van der Waals surface area contributed by atoms with Gasteiger partial charge in [-0.2, -0.15) is 8.70 Å². The van der Waals surface area contributed by atoms with E-state index in [0.29, 0.717) is 12.6 Å². The molecular weight excluding hydrogens is 299 g/mol. The van der Waals surface area contributed by atoms with Crippen molar-refractivity contribution in [3.8, 4) is 0 Å². The summed E-state index contributed by atoms with van der Waals surface area (Å²) in [7, 11) is -3.89. The number of hydrogen-bond acceptors (Lipinski definition) is 4. The number of nitrogens with zero attached hydrogens (tertiary/aromatic N) is 2. The molecular formula is C13H19FN2O4S. The molecule has 0 bridgehead atoms. The highest BCUT2D eigenvalue weighted by Crippen LogP contribution is 2.24. The van der Waals surface area contributed by atoms with Crippen molar-refractivity contribution in [1.82, 2.24) is 4.31 Å². The largest absolute Gasteiger partial charge is 0.304 e. The Balaban J connectivity index is 3.29. The highest BCUT2D eigenvalue weighted by Gasteiger charge is 2.29. The Morgan fingerprint density at radius 2 is 1.86 bits per heavy atom. The molecule has 0 N–H and O–H groups in total. The first kappa shape index (κ1) is 17.5. The Bertz CT molecular complexity index is 629. The van der Waals surface area contributed by atoms with Gasteiger partial charge in [0.1, 0.15) is 0 Å². The number of sulfonamides is 1. The van der Waals surface area contributed by atoms with E-state index in [1.807, 2.05) is 13.8 Å². The zero-order valence-electron chi connectivity index (χ0n) is 12.4. The summed E-state index contributed by atoms with van der Waals surface area (Å²) >= 11 is 0. The van der Waals surface area contributed by atoms with E-state index >= 15 is 0 Å². The van der Waals surface area contributed by atoms with Gasteiger partial charge >= 0.3 is 5.69 Å². The minimum absolute atomic E-state index is 0.102. The van der Waals surface area contributed by atoms with Gasteiger partial charge in [0.2, 0.25) is 15.8 Å². The predicted octanol–water partition coefficient (Wildman–Crippen LogP) is 2.79. The summed E-state index contributed by atoms with van der Waals surface area (Å²) in [5.41, 5.74) is -0.742. The van der Waals surface area contributed by atoms with Crippen LogP contribution in [0.5, 0.6) is 0 Å². The number of benzene rings is 1. The van der Waals surface area contributed by atoms with Gasteiger partial charge in [0, 0.05) is 24.7 Å². The van der Waals surface area contributed by atoms with Crippen LogP contribution in [0.3, 0.4) is 0 Å². The second kappa shape index (κ2) is 6.48. The second-order valence-corrected chi connectivity index (χ2v) is 7.32. The summed E-state index contributed by atoms with van der Waals surface area (Å²) in [5.74, 6) is -1.06. The highest BCUT2D eigenvalue weighted by atomic mass is 32.2. The van der Waals surface area contributed by atoms with E-state index in [-0.39, 0.29) is 16.9 Å². The smallest absolute Gasteiger partial charge is 0.258 e. The summed E-state index contributed by atoms with van der Waals surface area (Å²) in [6.45, 7) is 7.49. The fraction of sp³-hybridized carbons (Fsp3) is 0.538. The van der Waals surface area contributed by atoms with E-state index in [2.05, 4.69) is 0 Å². The van der Waals surface area contributed by atoms with E-state index in [4.69, 9.17) is 0 Å². The maximum atomic E-state index is 13.6. The van der Waals surface area contributed by atoms with Gasteiger partial charge in [-0.15, -0.1) is 0 Å². The minimum atomic E-state index is -3.89. The molecule has 0 aromatic heterocycles. The number of nitro benzene ring substituents is 1. The molecule has 0 spiro atoms. The van der Waals surface area contributed by atoms with Crippen LogP contribution in [0, 0.1) is 21.8 Å². The Morgan fingerprint density at radius 1 is 1.29 bits per heavy atom. The van der Waals surface area contributed by atoms with Crippen molar-refractivity contribution in [1.29, 1.82) is 0 Å². The van der Waals surface area contributed by atoms with Gasteiger partial charge in [-0.05, 0) is 25.8 Å². The zero-order valence-corrected chi connectivity index (χ0v) is 13.2. The first-order chi connectivity index (χ1) is 9.57. The van der Waals surface area contributed by atoms with Crippen LogP contribution in [-0.2, 0) is 10.0 Å². The molecule has 0 unspecified atom stereocenters. The molecule has 8 heteroatoms. The molecule has 6 nitrogen and oxygen atoms in total. The van der Waals surface area contributed by atoms with Crippen LogP contribution in [0.25, 0.3) is 0 Å². The average Bonchev–Trinajstić information content (AvgIpc) is 2.34. The van der Waals surface area contributed by atoms with E-state index in [9.17, 15) is 22.9 Å². The molecule has 0 saturated heterocycles. The first-order valence-corrected chi connectivity index (χ1v) is 7.97. The lowest BCUT2D eigenvalue weighted by molar-refractivity contribution is -0.387. The van der Waals surface area contributed by atoms with Crippen LogP contribution in [0.2, 0.25) is 0 Å². The van der Waals surface area contributed by atoms with Crippen LogP contribution in [0.15, 0.2) is 23.1 Å². The van der Waals surface area contributed by atoms with E-state index in [0.717, 1.165) is 12.1 Å². The summed E-state index contributed by atoms with van der Waals surface area (Å²) < 4.78 is 40.0. The molecule has 0 atom stereocenters. The van der Waals surface area contributed by atoms with Crippen molar-refractivity contribution in [2.45, 2.75) is 38.6 Å². The van der Waals surface area contributed by atoms with Crippen LogP contribution in [0.1, 0.15) is 27.7 Å². The van der Waals surface area contributed by atoms with Crippen molar-refractivity contribution in [3.63, 3.8) is 0 Å². The SMILES string of the molecule is CC(C)CN(C(C)C)S(=O)(=O)c1ccc([N+](=O)[O-])c(F)c1. The molecule has 0 aliphatic rings. The standard InChI is InChI=1S/C13H19FN2O4S/c1-9(2)8-15(10(3)4)21(19,20)11-5-6-13(16(17)18)12(14)7-11/h5-7,9-10H,8H2,1-4H3. The number of hydrogen-bond donors (Lipinski definition) is 0. The van der Waals surface area contributed by atoms with E-state index in [1.54, 1.807) is 13.8 Å². The molecule has 1 aromatic rings. The molecule has 21 heavy (non-hydrogen) atoms. The van der Waals surface area contributed by atoms with Crippen molar-refractivity contribution in [3.05, 3.63) is 34.1 Å². The lowest BCUT2D eigenvalue weighted by Gasteiger charge is -2.27. The van der Waals surface area contributed by atoms with Gasteiger partial charge in [-0.1, -0.05) is 13.8 Å². The number of nitro groups is 1. The molecule has 0 radical (unpaired) electrons. The first-order valence-electron chi connectivity index (χ1n) is 6.53. The third-order valence-corrected chi connectivity index (χ3v) is 4.88. The molecule has 0 saturated carbocycles. The van der Waals surface area contributed by atoms with E-state index in [1.165, 1.54) is 4.31 Å². The third kappa shape index (κ3) is 3.98. The van der Waals surface area contributed by atoms with Crippen LogP contribution in [-0.4, -0.2) is 30.2 Å². The highest BCUT2D eigenvalue weighted by molar-refractivity contribution is 7.89. The average molecular weight is 318 g/mol. The van der Waals surface area contributed by atoms with Gasteiger partial charge in [0.15, 0.2) is 0 Å². The summed E-state index contributed by atoms with van der Waals surface area (Å²) in [4.78, 5) is 9.41. The maximum absolute atomic E-state index is 13.6. The Hall–Kier alpha value is -1.54. The number of halogens is 1. The van der Waals surface area contributed by atoms with Crippen molar-refractivity contribution in [2.75, 3.05) is 6.54 Å². The van der Waals surface area contributed by atoms with Crippen LogP contribution < -0.4 is 0 Å². The topological polar surface area (TPSA) is 80.5 Å². The fourth-order valence-electron chi connectivity index (χ4n) is 1.88. The molecule has 0 aliphatic heterocycles. The van der Waals surface area contributed by atoms with Crippen LogP contribution in [0.4, 0.5) is 10.1 Å². The molecule has 0 aliphatic carbocycles. The molecule has 1 aromatic carbocycles. The van der Waals surface area contributed by atoms with Crippen LogP contribution >= 0.6 is 0 Å². The summed E-state index contributed by atoms with van der Waals surface area (Å²) in [6, 6.07) is 2.33. The molecule has 0 amide bonds. The summed E-state index contributed by atoms with van der Waals surface area (Å²) in [5, 5.41) is 10.6. The van der Waals surface area contributed by atoms with Gasteiger partial charge in [-0.3, -0.25) is 10.1 Å². The molecule has 0 heterocycles. The third-order valence-electron chi connectivity index (χ3n) is 2.84. The van der Waals surface area contributed by atoms with Gasteiger partial charge in [-0.25, -0.2) is 8.42 Å². The van der Waals surface area contributed by atoms with Crippen molar-refractivity contribution < 1.29 is 17.7 Å². The van der Waals surface area contributed by atoms with Gasteiger partial charge < -0.3 is 0 Å². The Kier molecular flexibility index (Phi) is 5.41. The lowest BCUT2D eigenvalue weighted by Crippen LogP contribution is -2.39. The normalized spacial score (nSPS) is 12.4. The molecule has 1 rings (SSSR count). The monoisotopic (exact) mass is 318 g/mol. The fourth-order valence-corrected chi connectivity index (χ4v) is 3.69. The molecule has 118 valence electrons. The van der Waals surface area contributed by atoms with Crippen molar-refractivity contribution >= 4 is 15.7 Å². The van der Waals surface area contributed by atoms with Crippen molar-refractivity contribution in [2.24, 2.45) is 5.92 Å².